The van der Waals surface area contributed by atoms with E-state index in [1.807, 2.05) is 0 Å². The Morgan fingerprint density at radius 3 is 2.26 bits per heavy atom. The third-order valence-electron chi connectivity index (χ3n) is 5.98. The number of benzene rings is 1. The van der Waals surface area contributed by atoms with Crippen LogP contribution in [-0.4, -0.2) is 27.4 Å². The highest BCUT2D eigenvalue weighted by Crippen LogP contribution is 2.40. The molecule has 150 valence electrons. The molecule has 0 radical (unpaired) electrons. The summed E-state index contributed by atoms with van der Waals surface area (Å²) in [6.45, 7) is 6.93. The highest BCUT2D eigenvalue weighted by molar-refractivity contribution is 7.89. The SMILES string of the molecule is CCC(C)(C)C1CCC(NC(=O)/C=C/c2ccc(S(=O)(=O)NC)cc2)CC1. The first-order valence-corrected chi connectivity index (χ1v) is 11.2. The molecular weight excluding hydrogens is 360 g/mol. The molecule has 6 heteroatoms. The summed E-state index contributed by atoms with van der Waals surface area (Å²) in [5.74, 6) is 0.638. The second-order valence-corrected chi connectivity index (χ2v) is 9.90. The number of carbonyl (C=O) groups is 1. The average Bonchev–Trinajstić information content (AvgIpc) is 2.67. The number of hydrogen-bond donors (Lipinski definition) is 2. The van der Waals surface area contributed by atoms with E-state index in [4.69, 9.17) is 0 Å². The van der Waals surface area contributed by atoms with Crippen molar-refractivity contribution in [2.75, 3.05) is 7.05 Å². The largest absolute Gasteiger partial charge is 0.350 e. The molecule has 0 heterocycles. The first-order chi connectivity index (χ1) is 12.7. The fraction of sp³-hybridized carbons (Fsp3) is 0.571. The van der Waals surface area contributed by atoms with Crippen LogP contribution < -0.4 is 10.0 Å². The van der Waals surface area contributed by atoms with E-state index in [-0.39, 0.29) is 16.8 Å². The third kappa shape index (κ3) is 5.91. The molecule has 0 aliphatic heterocycles. The maximum absolute atomic E-state index is 12.2. The summed E-state index contributed by atoms with van der Waals surface area (Å²) < 4.78 is 25.7. The summed E-state index contributed by atoms with van der Waals surface area (Å²) in [6.07, 6.45) is 8.80. The minimum Gasteiger partial charge on any atom is -0.350 e. The van der Waals surface area contributed by atoms with Gasteiger partial charge in [0.05, 0.1) is 4.90 Å². The van der Waals surface area contributed by atoms with E-state index >= 15 is 0 Å². The van der Waals surface area contributed by atoms with E-state index in [1.54, 1.807) is 18.2 Å². The van der Waals surface area contributed by atoms with Gasteiger partial charge in [-0.1, -0.05) is 39.3 Å². The Morgan fingerprint density at radius 2 is 1.74 bits per heavy atom. The lowest BCUT2D eigenvalue weighted by Gasteiger charge is -2.39. The van der Waals surface area contributed by atoms with Crippen LogP contribution >= 0.6 is 0 Å². The Balaban J connectivity index is 1.86. The molecule has 0 atom stereocenters. The minimum absolute atomic E-state index is 0.0971. The predicted molar refractivity (Wildman–Crippen MR) is 110 cm³/mol. The van der Waals surface area contributed by atoms with Crippen LogP contribution in [0.3, 0.4) is 0 Å². The van der Waals surface area contributed by atoms with Crippen LogP contribution in [0.4, 0.5) is 0 Å². The molecule has 1 fully saturated rings. The van der Waals surface area contributed by atoms with Gasteiger partial charge >= 0.3 is 0 Å². The smallest absolute Gasteiger partial charge is 0.244 e. The van der Waals surface area contributed by atoms with Crippen molar-refractivity contribution in [2.45, 2.75) is 63.8 Å². The van der Waals surface area contributed by atoms with Crippen LogP contribution in [0.5, 0.6) is 0 Å². The zero-order chi connectivity index (χ0) is 20.1. The number of sulfonamides is 1. The van der Waals surface area contributed by atoms with Crippen molar-refractivity contribution in [3.63, 3.8) is 0 Å². The van der Waals surface area contributed by atoms with Crippen molar-refractivity contribution in [1.29, 1.82) is 0 Å². The standard InChI is InChI=1S/C21H32N2O3S/c1-5-21(2,3)17-9-11-18(12-10-17)23-20(24)15-8-16-6-13-19(14-7-16)27(25,26)22-4/h6-8,13-15,17-18,22H,5,9-12H2,1-4H3,(H,23,24)/b15-8+. The normalized spacial score (nSPS) is 21.3. The molecule has 1 amide bonds. The second-order valence-electron chi connectivity index (χ2n) is 8.01. The number of rotatable bonds is 7. The quantitative estimate of drug-likeness (QED) is 0.695. The fourth-order valence-electron chi connectivity index (χ4n) is 3.61. The molecule has 0 saturated heterocycles. The monoisotopic (exact) mass is 392 g/mol. The first-order valence-electron chi connectivity index (χ1n) is 9.70. The lowest BCUT2D eigenvalue weighted by atomic mass is 9.69. The summed E-state index contributed by atoms with van der Waals surface area (Å²) >= 11 is 0. The average molecular weight is 393 g/mol. The van der Waals surface area contributed by atoms with Gasteiger partial charge in [0.25, 0.3) is 0 Å². The molecule has 0 bridgehead atoms. The second kappa shape index (κ2) is 9.02. The molecule has 1 aromatic carbocycles. The van der Waals surface area contributed by atoms with E-state index < -0.39 is 10.0 Å². The fourth-order valence-corrected chi connectivity index (χ4v) is 4.34. The molecule has 1 saturated carbocycles. The number of amides is 1. The van der Waals surface area contributed by atoms with Gasteiger partial charge in [-0.3, -0.25) is 4.79 Å². The Kier molecular flexibility index (Phi) is 7.23. The maximum atomic E-state index is 12.2. The van der Waals surface area contributed by atoms with E-state index in [1.165, 1.54) is 31.7 Å². The summed E-state index contributed by atoms with van der Waals surface area (Å²) in [5, 5.41) is 3.09. The third-order valence-corrected chi connectivity index (χ3v) is 7.41. The van der Waals surface area contributed by atoms with Crippen molar-refractivity contribution < 1.29 is 13.2 Å². The van der Waals surface area contributed by atoms with Crippen LogP contribution in [0.1, 0.15) is 58.4 Å². The molecule has 1 aromatic rings. The Labute approximate surface area is 163 Å². The molecular formula is C21H32N2O3S. The van der Waals surface area contributed by atoms with Crippen molar-refractivity contribution in [2.24, 2.45) is 11.3 Å². The maximum Gasteiger partial charge on any atom is 0.244 e. The Hall–Kier alpha value is -1.66. The van der Waals surface area contributed by atoms with Crippen molar-refractivity contribution in [3.05, 3.63) is 35.9 Å². The van der Waals surface area contributed by atoms with Crippen molar-refractivity contribution in [3.8, 4) is 0 Å². The predicted octanol–water partition coefficient (Wildman–Crippen LogP) is 3.72. The molecule has 5 nitrogen and oxygen atoms in total. The molecule has 1 aliphatic carbocycles. The van der Waals surface area contributed by atoms with Gasteiger partial charge in [0, 0.05) is 12.1 Å². The number of hydrogen-bond acceptors (Lipinski definition) is 3. The Bertz CT molecular complexity index is 759. The van der Waals surface area contributed by atoms with E-state index in [0.29, 0.717) is 5.41 Å². The van der Waals surface area contributed by atoms with Crippen molar-refractivity contribution in [1.82, 2.24) is 10.0 Å². The topological polar surface area (TPSA) is 75.3 Å². The Morgan fingerprint density at radius 1 is 1.15 bits per heavy atom. The zero-order valence-corrected chi connectivity index (χ0v) is 17.6. The van der Waals surface area contributed by atoms with Gasteiger partial charge in [-0.05, 0) is 67.8 Å². The molecule has 0 spiro atoms. The summed E-state index contributed by atoms with van der Waals surface area (Å²) in [5.41, 5.74) is 1.16. The number of carbonyl (C=O) groups excluding carboxylic acids is 1. The van der Waals surface area contributed by atoms with Crippen LogP contribution in [-0.2, 0) is 14.8 Å². The highest BCUT2D eigenvalue weighted by Gasteiger charge is 2.31. The van der Waals surface area contributed by atoms with E-state index in [9.17, 15) is 13.2 Å². The van der Waals surface area contributed by atoms with Crippen LogP contribution in [0.25, 0.3) is 6.08 Å². The molecule has 27 heavy (non-hydrogen) atoms. The first kappa shape index (κ1) is 21.6. The molecule has 2 N–H and O–H groups in total. The lowest BCUT2D eigenvalue weighted by molar-refractivity contribution is -0.117. The summed E-state index contributed by atoms with van der Waals surface area (Å²) in [7, 11) is -2.06. The zero-order valence-electron chi connectivity index (χ0n) is 16.8. The van der Waals surface area contributed by atoms with Gasteiger partial charge in [-0.15, -0.1) is 0 Å². The van der Waals surface area contributed by atoms with Gasteiger partial charge in [-0.25, -0.2) is 13.1 Å². The van der Waals surface area contributed by atoms with Crippen LogP contribution in [0.15, 0.2) is 35.2 Å². The summed E-state index contributed by atoms with van der Waals surface area (Å²) in [6, 6.07) is 6.67. The molecule has 0 aromatic heterocycles. The van der Waals surface area contributed by atoms with Crippen molar-refractivity contribution >= 4 is 22.0 Å². The highest BCUT2D eigenvalue weighted by atomic mass is 32.2. The van der Waals surface area contributed by atoms with Crippen LogP contribution in [0, 0.1) is 11.3 Å². The number of nitrogens with one attached hydrogen (secondary N) is 2. The molecule has 1 aliphatic rings. The van der Waals surface area contributed by atoms with Gasteiger partial charge in [0.15, 0.2) is 0 Å². The van der Waals surface area contributed by atoms with Gasteiger partial charge in [0.1, 0.15) is 0 Å². The van der Waals surface area contributed by atoms with Crippen LogP contribution in [0.2, 0.25) is 0 Å². The van der Waals surface area contributed by atoms with Gasteiger partial charge in [0.2, 0.25) is 15.9 Å². The van der Waals surface area contributed by atoms with Gasteiger partial charge < -0.3 is 5.32 Å². The minimum atomic E-state index is -3.44. The van der Waals surface area contributed by atoms with E-state index in [0.717, 1.165) is 37.2 Å². The summed E-state index contributed by atoms with van der Waals surface area (Å²) in [4.78, 5) is 12.4. The molecule has 0 unspecified atom stereocenters. The molecule has 2 rings (SSSR count). The van der Waals surface area contributed by atoms with E-state index in [2.05, 4.69) is 30.8 Å². The lowest BCUT2D eigenvalue weighted by Crippen LogP contribution is -2.39. The van der Waals surface area contributed by atoms with Gasteiger partial charge in [-0.2, -0.15) is 0 Å².